The third-order valence-electron chi connectivity index (χ3n) is 4.47. The fourth-order valence-corrected chi connectivity index (χ4v) is 3.67. The lowest BCUT2D eigenvalue weighted by Gasteiger charge is -2.31. The maximum Gasteiger partial charge on any atom is 0.326 e. The molecule has 0 spiro atoms. The minimum absolute atomic E-state index is 0.0111. The molecular formula is C14H23N3O4. The van der Waals surface area contributed by atoms with Crippen LogP contribution in [0, 0.1) is 11.8 Å². The van der Waals surface area contributed by atoms with E-state index in [-0.39, 0.29) is 18.3 Å². The molecule has 0 radical (unpaired) electrons. The number of hydrogen-bond donors (Lipinski definition) is 3. The quantitative estimate of drug-likeness (QED) is 0.702. The van der Waals surface area contributed by atoms with Crippen molar-refractivity contribution in [2.24, 2.45) is 17.6 Å². The molecule has 118 valence electrons. The van der Waals surface area contributed by atoms with Gasteiger partial charge in [-0.05, 0) is 38.5 Å². The van der Waals surface area contributed by atoms with Crippen LogP contribution in [-0.2, 0) is 9.59 Å². The van der Waals surface area contributed by atoms with Crippen LogP contribution in [0.4, 0.5) is 4.79 Å². The number of nitrogens with one attached hydrogen (secondary N) is 1. The number of carbonyl (C=O) groups is 3. The Morgan fingerprint density at radius 2 is 2.00 bits per heavy atom. The third-order valence-corrected chi connectivity index (χ3v) is 4.47. The van der Waals surface area contributed by atoms with Crippen molar-refractivity contribution < 1.29 is 19.5 Å². The maximum absolute atomic E-state index is 12.4. The summed E-state index contributed by atoms with van der Waals surface area (Å²) in [6, 6.07) is -1.19. The number of primary amides is 1. The number of carbonyl (C=O) groups excluding carboxylic acids is 2. The van der Waals surface area contributed by atoms with Crippen molar-refractivity contribution in [3.05, 3.63) is 0 Å². The van der Waals surface area contributed by atoms with Crippen LogP contribution in [-0.4, -0.2) is 46.0 Å². The SMILES string of the molecule is CC(C)(CC(N)=O)NC(=O)N1CC2CCCC2C1C(=O)O. The van der Waals surface area contributed by atoms with Gasteiger partial charge in [0, 0.05) is 18.5 Å². The maximum atomic E-state index is 12.4. The van der Waals surface area contributed by atoms with Crippen LogP contribution in [0.25, 0.3) is 0 Å². The Kier molecular flexibility index (Phi) is 4.11. The minimum Gasteiger partial charge on any atom is -0.480 e. The molecule has 0 aromatic carbocycles. The van der Waals surface area contributed by atoms with Gasteiger partial charge in [-0.25, -0.2) is 9.59 Å². The van der Waals surface area contributed by atoms with Crippen molar-refractivity contribution in [2.45, 2.75) is 51.1 Å². The number of carboxylic acid groups (broad SMARTS) is 1. The average molecular weight is 297 g/mol. The smallest absolute Gasteiger partial charge is 0.326 e. The number of fused-ring (bicyclic) bond motifs is 1. The Hall–Kier alpha value is -1.79. The van der Waals surface area contributed by atoms with Gasteiger partial charge in [0.2, 0.25) is 5.91 Å². The third kappa shape index (κ3) is 3.28. The lowest BCUT2D eigenvalue weighted by atomic mass is 9.94. The first kappa shape index (κ1) is 15.6. The second kappa shape index (κ2) is 5.54. The van der Waals surface area contributed by atoms with Crippen molar-refractivity contribution in [1.29, 1.82) is 0 Å². The van der Waals surface area contributed by atoms with E-state index < -0.39 is 29.5 Å². The van der Waals surface area contributed by atoms with Gasteiger partial charge in [-0.2, -0.15) is 0 Å². The molecule has 0 aromatic heterocycles. The Morgan fingerprint density at radius 3 is 2.57 bits per heavy atom. The van der Waals surface area contributed by atoms with Gasteiger partial charge in [-0.1, -0.05) is 6.42 Å². The summed E-state index contributed by atoms with van der Waals surface area (Å²) in [7, 11) is 0. The average Bonchev–Trinajstić information content (AvgIpc) is 2.83. The summed E-state index contributed by atoms with van der Waals surface area (Å²) in [4.78, 5) is 36.3. The highest BCUT2D eigenvalue weighted by atomic mass is 16.4. The zero-order valence-corrected chi connectivity index (χ0v) is 12.5. The fourth-order valence-electron chi connectivity index (χ4n) is 3.67. The van der Waals surface area contributed by atoms with Crippen LogP contribution >= 0.6 is 0 Å². The molecule has 4 N–H and O–H groups in total. The van der Waals surface area contributed by atoms with E-state index in [0.717, 1.165) is 19.3 Å². The van der Waals surface area contributed by atoms with Crippen molar-refractivity contribution in [3.8, 4) is 0 Å². The molecule has 3 amide bonds. The van der Waals surface area contributed by atoms with E-state index in [4.69, 9.17) is 5.73 Å². The van der Waals surface area contributed by atoms with Gasteiger partial charge in [0.05, 0.1) is 0 Å². The molecule has 1 aliphatic heterocycles. The minimum atomic E-state index is -0.952. The van der Waals surface area contributed by atoms with Gasteiger partial charge in [-0.3, -0.25) is 4.79 Å². The summed E-state index contributed by atoms with van der Waals surface area (Å²) >= 11 is 0. The van der Waals surface area contributed by atoms with E-state index in [0.29, 0.717) is 6.54 Å². The number of amides is 3. The number of aliphatic carboxylic acids is 1. The topological polar surface area (TPSA) is 113 Å². The van der Waals surface area contributed by atoms with Crippen molar-refractivity contribution in [2.75, 3.05) is 6.54 Å². The van der Waals surface area contributed by atoms with E-state index in [1.54, 1.807) is 13.8 Å². The number of nitrogens with zero attached hydrogens (tertiary/aromatic N) is 1. The summed E-state index contributed by atoms with van der Waals surface area (Å²) in [6.07, 6.45) is 2.87. The molecule has 2 rings (SSSR count). The molecular weight excluding hydrogens is 274 g/mol. The van der Waals surface area contributed by atoms with Crippen LogP contribution in [0.5, 0.6) is 0 Å². The Labute approximate surface area is 123 Å². The van der Waals surface area contributed by atoms with Crippen LogP contribution in [0.2, 0.25) is 0 Å². The number of carboxylic acids is 1. The molecule has 2 aliphatic rings. The Balaban J connectivity index is 2.08. The molecule has 7 nitrogen and oxygen atoms in total. The number of hydrogen-bond acceptors (Lipinski definition) is 3. The first-order chi connectivity index (χ1) is 9.71. The molecule has 1 saturated heterocycles. The highest BCUT2D eigenvalue weighted by Gasteiger charge is 2.50. The Morgan fingerprint density at radius 1 is 1.33 bits per heavy atom. The predicted molar refractivity (Wildman–Crippen MR) is 75.4 cm³/mol. The lowest BCUT2D eigenvalue weighted by molar-refractivity contribution is -0.142. The molecule has 0 bridgehead atoms. The first-order valence-corrected chi connectivity index (χ1v) is 7.31. The standard InChI is InChI=1S/C14H23N3O4/c1-14(2,6-10(15)18)16-13(21)17-7-8-4-3-5-9(8)11(17)12(19)20/h8-9,11H,3-7H2,1-2H3,(H2,15,18)(H,16,21)(H,19,20). The van der Waals surface area contributed by atoms with Crippen molar-refractivity contribution >= 4 is 17.9 Å². The summed E-state index contributed by atoms with van der Waals surface area (Å²) in [6.45, 7) is 3.87. The lowest BCUT2D eigenvalue weighted by Crippen LogP contribution is -2.54. The summed E-state index contributed by atoms with van der Waals surface area (Å²) < 4.78 is 0. The highest BCUT2D eigenvalue weighted by Crippen LogP contribution is 2.42. The van der Waals surface area contributed by atoms with E-state index in [2.05, 4.69) is 5.32 Å². The molecule has 2 fully saturated rings. The highest BCUT2D eigenvalue weighted by molar-refractivity contribution is 5.85. The molecule has 1 aliphatic carbocycles. The van der Waals surface area contributed by atoms with Crippen LogP contribution < -0.4 is 11.1 Å². The molecule has 3 unspecified atom stereocenters. The van der Waals surface area contributed by atoms with Crippen molar-refractivity contribution in [1.82, 2.24) is 10.2 Å². The fraction of sp³-hybridized carbons (Fsp3) is 0.786. The normalized spacial score (nSPS) is 28.3. The number of urea groups is 1. The first-order valence-electron chi connectivity index (χ1n) is 7.31. The summed E-state index contributed by atoms with van der Waals surface area (Å²) in [5.41, 5.74) is 4.37. The predicted octanol–water partition coefficient (Wildman–Crippen LogP) is 0.535. The van der Waals surface area contributed by atoms with Crippen LogP contribution in [0.15, 0.2) is 0 Å². The van der Waals surface area contributed by atoms with Gasteiger partial charge < -0.3 is 21.1 Å². The van der Waals surface area contributed by atoms with Crippen LogP contribution in [0.1, 0.15) is 39.5 Å². The molecule has 21 heavy (non-hydrogen) atoms. The zero-order chi connectivity index (χ0) is 15.8. The van der Waals surface area contributed by atoms with Gasteiger partial charge in [0.25, 0.3) is 0 Å². The summed E-state index contributed by atoms with van der Waals surface area (Å²) in [5.74, 6) is -1.13. The van der Waals surface area contributed by atoms with Gasteiger partial charge in [-0.15, -0.1) is 0 Å². The van der Waals surface area contributed by atoms with E-state index in [9.17, 15) is 19.5 Å². The van der Waals surface area contributed by atoms with E-state index >= 15 is 0 Å². The van der Waals surface area contributed by atoms with E-state index in [1.807, 2.05) is 0 Å². The molecule has 1 heterocycles. The second-order valence-corrected chi connectivity index (χ2v) is 6.75. The number of nitrogens with two attached hydrogens (primary N) is 1. The second-order valence-electron chi connectivity index (χ2n) is 6.75. The summed E-state index contributed by atoms with van der Waals surface area (Å²) in [5, 5.41) is 12.2. The van der Waals surface area contributed by atoms with Crippen LogP contribution in [0.3, 0.4) is 0 Å². The molecule has 1 saturated carbocycles. The number of likely N-dealkylation sites (tertiary alicyclic amines) is 1. The van der Waals surface area contributed by atoms with E-state index in [1.165, 1.54) is 4.90 Å². The monoisotopic (exact) mass is 297 g/mol. The van der Waals surface area contributed by atoms with Gasteiger partial charge in [0.1, 0.15) is 6.04 Å². The molecule has 3 atom stereocenters. The molecule has 0 aromatic rings. The van der Waals surface area contributed by atoms with Crippen molar-refractivity contribution in [3.63, 3.8) is 0 Å². The number of rotatable bonds is 4. The largest absolute Gasteiger partial charge is 0.480 e. The Bertz CT molecular complexity index is 463. The molecule has 7 heteroatoms. The van der Waals surface area contributed by atoms with Gasteiger partial charge >= 0.3 is 12.0 Å². The van der Waals surface area contributed by atoms with Gasteiger partial charge in [0.15, 0.2) is 0 Å². The zero-order valence-electron chi connectivity index (χ0n) is 12.5.